The van der Waals surface area contributed by atoms with Crippen molar-refractivity contribution in [2.75, 3.05) is 13.1 Å². The summed E-state index contributed by atoms with van der Waals surface area (Å²) in [5.41, 5.74) is 8.75. The highest BCUT2D eigenvalue weighted by Gasteiger charge is 2.26. The van der Waals surface area contributed by atoms with Crippen molar-refractivity contribution < 1.29 is 0 Å². The van der Waals surface area contributed by atoms with Crippen molar-refractivity contribution in [3.8, 4) is 0 Å². The number of nitrogens with two attached hydrogens (primary N) is 1. The molecule has 0 saturated carbocycles. The van der Waals surface area contributed by atoms with Gasteiger partial charge in [0.15, 0.2) is 5.96 Å². The van der Waals surface area contributed by atoms with Crippen molar-refractivity contribution in [2.24, 2.45) is 10.7 Å². The normalized spacial score (nSPS) is 19.6. The molecule has 1 heterocycles. The van der Waals surface area contributed by atoms with Crippen LogP contribution in [0.5, 0.6) is 0 Å². The van der Waals surface area contributed by atoms with E-state index >= 15 is 0 Å². The smallest absolute Gasteiger partial charge is 0.192 e. The molecular weight excluding hydrogens is 234 g/mol. The summed E-state index contributed by atoms with van der Waals surface area (Å²) in [5, 5.41) is 0. The molecule has 0 aromatic heterocycles. The van der Waals surface area contributed by atoms with Gasteiger partial charge in [0.2, 0.25) is 0 Å². The third-order valence-electron chi connectivity index (χ3n) is 3.48. The maximum Gasteiger partial charge on any atom is 0.192 e. The molecule has 1 atom stereocenters. The van der Waals surface area contributed by atoms with Crippen LogP contribution >= 0.6 is 0 Å². The van der Waals surface area contributed by atoms with Gasteiger partial charge >= 0.3 is 0 Å². The van der Waals surface area contributed by atoms with Crippen molar-refractivity contribution in [3.63, 3.8) is 0 Å². The molecule has 1 aliphatic rings. The second-order valence-electron chi connectivity index (χ2n) is 5.24. The van der Waals surface area contributed by atoms with Crippen LogP contribution in [0.4, 0.5) is 0 Å². The lowest BCUT2D eigenvalue weighted by Crippen LogP contribution is -2.37. The molecule has 0 radical (unpaired) electrons. The minimum atomic E-state index is 0.386. The Hall–Kier alpha value is -1.77. The average Bonchev–Trinajstić information content (AvgIpc) is 2.88. The van der Waals surface area contributed by atoms with Crippen molar-refractivity contribution in [1.82, 2.24) is 4.90 Å². The summed E-state index contributed by atoms with van der Waals surface area (Å²) in [6.07, 6.45) is 4.43. The van der Waals surface area contributed by atoms with Gasteiger partial charge in [0.05, 0.1) is 12.6 Å². The van der Waals surface area contributed by atoms with Crippen molar-refractivity contribution >= 4 is 5.96 Å². The number of hydrogen-bond donors (Lipinski definition) is 1. The number of allylic oxidation sites excluding steroid dienone is 1. The Labute approximate surface area is 115 Å². The van der Waals surface area contributed by atoms with Crippen molar-refractivity contribution in [1.29, 1.82) is 0 Å². The maximum absolute atomic E-state index is 6.14. The van der Waals surface area contributed by atoms with Crippen LogP contribution in [-0.4, -0.2) is 23.9 Å². The molecule has 2 N–H and O–H groups in total. The summed E-state index contributed by atoms with van der Waals surface area (Å²) in [6.45, 7) is 5.83. The minimum Gasteiger partial charge on any atom is -0.370 e. The lowest BCUT2D eigenvalue weighted by atomic mass is 10.1. The Morgan fingerprint density at radius 3 is 2.79 bits per heavy atom. The summed E-state index contributed by atoms with van der Waals surface area (Å²) in [7, 11) is 0. The van der Waals surface area contributed by atoms with Gasteiger partial charge in [-0.05, 0) is 32.3 Å². The first-order valence-corrected chi connectivity index (χ1v) is 6.93. The summed E-state index contributed by atoms with van der Waals surface area (Å²) < 4.78 is 0. The van der Waals surface area contributed by atoms with E-state index in [1.54, 1.807) is 0 Å². The van der Waals surface area contributed by atoms with Crippen LogP contribution in [0.25, 0.3) is 0 Å². The van der Waals surface area contributed by atoms with E-state index in [2.05, 4.69) is 60.1 Å². The first kappa shape index (κ1) is 13.7. The molecule has 1 aliphatic heterocycles. The quantitative estimate of drug-likeness (QED) is 0.513. The van der Waals surface area contributed by atoms with Crippen molar-refractivity contribution in [3.05, 3.63) is 47.5 Å². The van der Waals surface area contributed by atoms with E-state index in [1.165, 1.54) is 17.6 Å². The fraction of sp³-hybridized carbons (Fsp3) is 0.438. The van der Waals surface area contributed by atoms with Gasteiger partial charge in [0.25, 0.3) is 0 Å². The van der Waals surface area contributed by atoms with Crippen LogP contribution < -0.4 is 5.73 Å². The first-order chi connectivity index (χ1) is 9.18. The fourth-order valence-corrected chi connectivity index (χ4v) is 2.48. The fourth-order valence-electron chi connectivity index (χ4n) is 2.48. The Morgan fingerprint density at radius 1 is 1.37 bits per heavy atom. The zero-order chi connectivity index (χ0) is 13.7. The molecule has 3 nitrogen and oxygen atoms in total. The number of benzene rings is 1. The molecule has 0 aliphatic carbocycles. The Balaban J connectivity index is 2.08. The lowest BCUT2D eigenvalue weighted by Gasteiger charge is -2.25. The van der Waals surface area contributed by atoms with Gasteiger partial charge in [-0.1, -0.05) is 42.0 Å². The predicted octanol–water partition coefficient (Wildman–Crippen LogP) is 3.10. The molecule has 102 valence electrons. The highest BCUT2D eigenvalue weighted by Crippen LogP contribution is 2.31. The molecule has 0 spiro atoms. The first-order valence-electron chi connectivity index (χ1n) is 6.93. The van der Waals surface area contributed by atoms with Crippen LogP contribution in [0.3, 0.4) is 0 Å². The third-order valence-corrected chi connectivity index (χ3v) is 3.48. The van der Waals surface area contributed by atoms with E-state index in [0.717, 1.165) is 13.0 Å². The van der Waals surface area contributed by atoms with E-state index in [9.17, 15) is 0 Å². The summed E-state index contributed by atoms with van der Waals surface area (Å²) >= 11 is 0. The van der Waals surface area contributed by atoms with E-state index in [4.69, 9.17) is 5.73 Å². The number of guanidine groups is 1. The zero-order valence-corrected chi connectivity index (χ0v) is 11.8. The predicted molar refractivity (Wildman–Crippen MR) is 81.0 cm³/mol. The highest BCUT2D eigenvalue weighted by atomic mass is 15.3. The monoisotopic (exact) mass is 257 g/mol. The molecule has 19 heavy (non-hydrogen) atoms. The maximum atomic E-state index is 6.14. The van der Waals surface area contributed by atoms with Crippen LogP contribution in [-0.2, 0) is 0 Å². The van der Waals surface area contributed by atoms with Crippen molar-refractivity contribution in [2.45, 2.75) is 32.7 Å². The molecular formula is C16H23N3. The van der Waals surface area contributed by atoms with Crippen LogP contribution in [0.1, 0.15) is 38.3 Å². The number of nitrogens with zero attached hydrogens (tertiary/aromatic N) is 2. The molecule has 1 unspecified atom stereocenters. The van der Waals surface area contributed by atoms with E-state index in [0.29, 0.717) is 18.5 Å². The van der Waals surface area contributed by atoms with Gasteiger partial charge in [-0.2, -0.15) is 0 Å². The molecule has 1 saturated heterocycles. The van der Waals surface area contributed by atoms with Gasteiger partial charge in [0, 0.05) is 6.54 Å². The largest absolute Gasteiger partial charge is 0.370 e. The van der Waals surface area contributed by atoms with Gasteiger partial charge in [-0.25, -0.2) is 4.99 Å². The topological polar surface area (TPSA) is 41.6 Å². The standard InChI is InChI=1S/C16H23N3/c1-13(2)10-11-18-16(17)19-12-6-9-15(19)14-7-4-3-5-8-14/h3-5,7-8,10,15H,6,9,11-12H2,1-2H3,(H2,17,18). The second kappa shape index (κ2) is 6.41. The SMILES string of the molecule is CC(C)=CCN=C(N)N1CCCC1c1ccccc1. The second-order valence-corrected chi connectivity index (χ2v) is 5.24. The molecule has 2 rings (SSSR count). The molecule has 1 aromatic rings. The number of likely N-dealkylation sites (tertiary alicyclic amines) is 1. The number of rotatable bonds is 3. The Morgan fingerprint density at radius 2 is 2.11 bits per heavy atom. The molecule has 0 bridgehead atoms. The Kier molecular flexibility index (Phi) is 4.61. The van der Waals surface area contributed by atoms with E-state index in [-0.39, 0.29) is 0 Å². The summed E-state index contributed by atoms with van der Waals surface area (Å²) in [6, 6.07) is 11.0. The molecule has 1 fully saturated rings. The summed E-state index contributed by atoms with van der Waals surface area (Å²) in [5.74, 6) is 0.670. The summed E-state index contributed by atoms with van der Waals surface area (Å²) in [4.78, 5) is 6.70. The Bertz CT molecular complexity index is 458. The van der Waals surface area contributed by atoms with Gasteiger partial charge in [-0.3, -0.25) is 0 Å². The average molecular weight is 257 g/mol. The molecule has 1 aromatic carbocycles. The minimum absolute atomic E-state index is 0.386. The van der Waals surface area contributed by atoms with Gasteiger partial charge in [-0.15, -0.1) is 0 Å². The van der Waals surface area contributed by atoms with Crippen LogP contribution in [0.2, 0.25) is 0 Å². The van der Waals surface area contributed by atoms with E-state index < -0.39 is 0 Å². The van der Waals surface area contributed by atoms with Crippen LogP contribution in [0, 0.1) is 0 Å². The van der Waals surface area contributed by atoms with Gasteiger partial charge < -0.3 is 10.6 Å². The lowest BCUT2D eigenvalue weighted by molar-refractivity contribution is 0.395. The highest BCUT2D eigenvalue weighted by molar-refractivity contribution is 5.79. The third kappa shape index (κ3) is 3.60. The molecule has 3 heteroatoms. The number of hydrogen-bond acceptors (Lipinski definition) is 1. The zero-order valence-electron chi connectivity index (χ0n) is 11.8. The molecule has 0 amide bonds. The van der Waals surface area contributed by atoms with E-state index in [1.807, 2.05) is 0 Å². The van der Waals surface area contributed by atoms with Crippen LogP contribution in [0.15, 0.2) is 47.0 Å². The van der Waals surface area contributed by atoms with Gasteiger partial charge in [0.1, 0.15) is 0 Å². The number of aliphatic imine (C=N–C) groups is 1.